The molecule has 0 fully saturated rings. The number of benzene rings is 1. The van der Waals surface area contributed by atoms with Crippen molar-refractivity contribution in [2.75, 3.05) is 0 Å². The van der Waals surface area contributed by atoms with Gasteiger partial charge in [0.1, 0.15) is 11.4 Å². The Morgan fingerprint density at radius 3 is 2.08 bits per heavy atom. The van der Waals surface area contributed by atoms with Crippen LogP contribution in [-0.4, -0.2) is 5.60 Å². The zero-order valence-corrected chi connectivity index (χ0v) is 8.97. The van der Waals surface area contributed by atoms with Gasteiger partial charge in [-0.15, -0.1) is 0 Å². The molecule has 0 heterocycles. The topological polar surface area (TPSA) is 26.3 Å². The molecular formula is C10H13O2P. The van der Waals surface area contributed by atoms with Crippen LogP contribution in [0.25, 0.3) is 0 Å². The highest BCUT2D eigenvalue weighted by Gasteiger charge is 2.10. The Kier molecular flexibility index (Phi) is 3.05. The summed E-state index contributed by atoms with van der Waals surface area (Å²) in [6.45, 7) is 5.98. The fraction of sp³-hybridized carbons (Fsp3) is 0.400. The standard InChI is InChI=1S/C10H13O2P/c1-10(2,3)12-8-4-6-9(13-11)7-5-8/h4-7H,1-3H3. The predicted octanol–water partition coefficient (Wildman–Crippen LogP) is 2.78. The number of hydrogen-bond donors (Lipinski definition) is 0. The van der Waals surface area contributed by atoms with Crippen LogP contribution in [0.1, 0.15) is 20.8 Å². The van der Waals surface area contributed by atoms with Crippen LogP contribution in [0.2, 0.25) is 0 Å². The number of rotatable bonds is 2. The van der Waals surface area contributed by atoms with E-state index in [9.17, 15) is 4.57 Å². The van der Waals surface area contributed by atoms with Gasteiger partial charge < -0.3 is 4.74 Å². The molecule has 3 heteroatoms. The third-order valence-electron chi connectivity index (χ3n) is 1.37. The van der Waals surface area contributed by atoms with Crippen LogP contribution in [-0.2, 0) is 4.57 Å². The lowest BCUT2D eigenvalue weighted by Gasteiger charge is -2.21. The summed E-state index contributed by atoms with van der Waals surface area (Å²) in [4.78, 5) is 0. The van der Waals surface area contributed by atoms with Gasteiger partial charge in [0.2, 0.25) is 0 Å². The lowest BCUT2D eigenvalue weighted by atomic mass is 10.2. The van der Waals surface area contributed by atoms with E-state index < -0.39 is 0 Å². The molecule has 0 N–H and O–H groups in total. The zero-order chi connectivity index (χ0) is 9.90. The van der Waals surface area contributed by atoms with Gasteiger partial charge >= 0.3 is 0 Å². The van der Waals surface area contributed by atoms with Gasteiger partial charge in [-0.3, -0.25) is 4.57 Å². The minimum absolute atomic E-state index is 0.0494. The summed E-state index contributed by atoms with van der Waals surface area (Å²) in [6, 6.07) is 7.22. The van der Waals surface area contributed by atoms with Crippen LogP contribution < -0.4 is 10.0 Å². The normalized spacial score (nSPS) is 11.6. The van der Waals surface area contributed by atoms with Crippen LogP contribution in [0.15, 0.2) is 24.3 Å². The monoisotopic (exact) mass is 196 g/mol. The summed E-state index contributed by atoms with van der Waals surface area (Å²) in [6.07, 6.45) is 0. The molecule has 1 rings (SSSR count). The molecular weight excluding hydrogens is 183 g/mol. The summed E-state index contributed by atoms with van der Waals surface area (Å²) >= 11 is 0. The van der Waals surface area contributed by atoms with Gasteiger partial charge in [0.05, 0.1) is 0 Å². The van der Waals surface area contributed by atoms with Gasteiger partial charge in [0, 0.05) is 5.30 Å². The molecule has 13 heavy (non-hydrogen) atoms. The summed E-state index contributed by atoms with van der Waals surface area (Å²) < 4.78 is 16.1. The first kappa shape index (κ1) is 10.2. The molecule has 0 spiro atoms. The minimum Gasteiger partial charge on any atom is -0.488 e. The second-order valence-corrected chi connectivity index (χ2v) is 4.50. The van der Waals surface area contributed by atoms with E-state index in [4.69, 9.17) is 4.74 Å². The van der Waals surface area contributed by atoms with Crippen molar-refractivity contribution in [3.8, 4) is 5.75 Å². The molecule has 0 radical (unpaired) electrons. The Morgan fingerprint density at radius 2 is 1.69 bits per heavy atom. The summed E-state index contributed by atoms with van der Waals surface area (Å²) in [7, 11) is 0.0494. The highest BCUT2D eigenvalue weighted by atomic mass is 31.1. The molecule has 0 aliphatic carbocycles. The van der Waals surface area contributed by atoms with Gasteiger partial charge in [-0.25, -0.2) is 0 Å². The van der Waals surface area contributed by atoms with Crippen molar-refractivity contribution in [1.29, 1.82) is 0 Å². The van der Waals surface area contributed by atoms with E-state index in [1.54, 1.807) is 12.1 Å². The van der Waals surface area contributed by atoms with Crippen LogP contribution in [0.5, 0.6) is 5.75 Å². The molecule has 0 atom stereocenters. The van der Waals surface area contributed by atoms with Crippen LogP contribution in [0, 0.1) is 0 Å². The second-order valence-electron chi connectivity index (χ2n) is 3.80. The highest BCUT2D eigenvalue weighted by Crippen LogP contribution is 2.16. The smallest absolute Gasteiger partial charge is 0.192 e. The maximum absolute atomic E-state index is 10.5. The van der Waals surface area contributed by atoms with E-state index in [-0.39, 0.29) is 14.1 Å². The second kappa shape index (κ2) is 3.89. The Morgan fingerprint density at radius 1 is 1.15 bits per heavy atom. The Hall–Kier alpha value is -0.880. The third kappa shape index (κ3) is 3.56. The van der Waals surface area contributed by atoms with E-state index in [0.717, 1.165) is 11.1 Å². The van der Waals surface area contributed by atoms with Gasteiger partial charge in [0.15, 0.2) is 8.46 Å². The molecule has 0 saturated heterocycles. The summed E-state index contributed by atoms with van der Waals surface area (Å²) in [5.41, 5.74) is -0.184. The first-order chi connectivity index (χ1) is 6.01. The zero-order valence-electron chi connectivity index (χ0n) is 8.07. The first-order valence-corrected chi connectivity index (χ1v) is 4.95. The van der Waals surface area contributed by atoms with E-state index in [1.807, 2.05) is 32.9 Å². The summed E-state index contributed by atoms with van der Waals surface area (Å²) in [5.74, 6) is 0.805. The van der Waals surface area contributed by atoms with Crippen LogP contribution in [0.4, 0.5) is 0 Å². The quantitative estimate of drug-likeness (QED) is 0.680. The molecule has 70 valence electrons. The van der Waals surface area contributed by atoms with Crippen LogP contribution in [0.3, 0.4) is 0 Å². The van der Waals surface area contributed by atoms with E-state index in [1.165, 1.54) is 0 Å². The average Bonchev–Trinajstić information content (AvgIpc) is 2.03. The first-order valence-electron chi connectivity index (χ1n) is 4.14. The molecule has 1 aromatic carbocycles. The lowest BCUT2D eigenvalue weighted by molar-refractivity contribution is 0.131. The highest BCUT2D eigenvalue weighted by molar-refractivity contribution is 7.34. The van der Waals surface area contributed by atoms with Crippen molar-refractivity contribution >= 4 is 13.8 Å². The molecule has 0 unspecified atom stereocenters. The third-order valence-corrected chi connectivity index (χ3v) is 1.88. The maximum Gasteiger partial charge on any atom is 0.192 e. The van der Waals surface area contributed by atoms with Gasteiger partial charge in [-0.1, -0.05) is 0 Å². The SMILES string of the molecule is CC(C)(C)Oc1ccc(P=O)cc1. The van der Waals surface area contributed by atoms with E-state index >= 15 is 0 Å². The van der Waals surface area contributed by atoms with Crippen molar-refractivity contribution in [3.63, 3.8) is 0 Å². The van der Waals surface area contributed by atoms with Crippen molar-refractivity contribution in [1.82, 2.24) is 0 Å². The van der Waals surface area contributed by atoms with Gasteiger partial charge in [-0.05, 0) is 45.0 Å². The molecule has 0 bridgehead atoms. The summed E-state index contributed by atoms with van der Waals surface area (Å²) in [5, 5.41) is 0.765. The van der Waals surface area contributed by atoms with E-state index in [2.05, 4.69) is 0 Å². The molecule has 0 amide bonds. The predicted molar refractivity (Wildman–Crippen MR) is 54.1 cm³/mol. The van der Waals surface area contributed by atoms with Crippen molar-refractivity contribution in [3.05, 3.63) is 24.3 Å². The van der Waals surface area contributed by atoms with Crippen molar-refractivity contribution < 1.29 is 9.30 Å². The molecule has 0 aliphatic heterocycles. The Labute approximate surface area is 80.1 Å². The van der Waals surface area contributed by atoms with Crippen molar-refractivity contribution in [2.45, 2.75) is 26.4 Å². The van der Waals surface area contributed by atoms with Crippen molar-refractivity contribution in [2.24, 2.45) is 0 Å². The number of ether oxygens (including phenoxy) is 1. The molecule has 0 aliphatic rings. The molecule has 0 aromatic heterocycles. The Bertz CT molecular complexity index is 285. The molecule has 0 saturated carbocycles. The molecule has 2 nitrogen and oxygen atoms in total. The number of hydrogen-bond acceptors (Lipinski definition) is 2. The average molecular weight is 196 g/mol. The fourth-order valence-electron chi connectivity index (χ4n) is 0.929. The maximum atomic E-state index is 10.5. The van der Waals surface area contributed by atoms with Gasteiger partial charge in [-0.2, -0.15) is 0 Å². The van der Waals surface area contributed by atoms with Crippen LogP contribution >= 0.6 is 8.46 Å². The lowest BCUT2D eigenvalue weighted by Crippen LogP contribution is -2.22. The van der Waals surface area contributed by atoms with E-state index in [0.29, 0.717) is 0 Å². The van der Waals surface area contributed by atoms with Gasteiger partial charge in [0.25, 0.3) is 0 Å². The largest absolute Gasteiger partial charge is 0.488 e. The molecule has 1 aromatic rings. The Balaban J connectivity index is 2.75. The minimum atomic E-state index is -0.184. The fourth-order valence-corrected chi connectivity index (χ4v) is 1.20.